The topological polar surface area (TPSA) is 120 Å². The Hall–Kier alpha value is -6.16. The predicted molar refractivity (Wildman–Crippen MR) is 276 cm³/mol. The Labute approximate surface area is 429 Å². The van der Waals surface area contributed by atoms with Gasteiger partial charge in [0.15, 0.2) is 6.29 Å². The van der Waals surface area contributed by atoms with E-state index in [1.807, 2.05) is 182 Å². The molecule has 2 amide bonds. The fourth-order valence-corrected chi connectivity index (χ4v) is 9.45. The first kappa shape index (κ1) is 53.1. The number of carbonyl (C=O) groups is 2. The van der Waals surface area contributed by atoms with Crippen LogP contribution in [0.3, 0.4) is 0 Å². The summed E-state index contributed by atoms with van der Waals surface area (Å²) in [4.78, 5) is 28.7. The molecule has 12 heteroatoms. The fraction of sp³-hybridized carbons (Fsp3) is 0.344. The minimum atomic E-state index is -1.20. The molecule has 12 nitrogen and oxygen atoms in total. The Morgan fingerprint density at radius 3 is 1.16 bits per heavy atom. The van der Waals surface area contributed by atoms with Crippen LogP contribution in [-0.2, 0) is 91.9 Å². The lowest BCUT2D eigenvalue weighted by molar-refractivity contribution is -0.358. The molecule has 0 bridgehead atoms. The molecule has 0 radical (unpaired) electrons. The van der Waals surface area contributed by atoms with Gasteiger partial charge in [-0.15, -0.1) is 6.58 Å². The first-order valence-corrected chi connectivity index (χ1v) is 25.1. The highest BCUT2D eigenvalue weighted by Gasteiger charge is 2.55. The maximum atomic E-state index is 13.7. The molecular weight excluding hydrogens is 923 g/mol. The van der Waals surface area contributed by atoms with Crippen molar-refractivity contribution in [1.82, 2.24) is 4.90 Å². The van der Waals surface area contributed by atoms with Crippen LogP contribution < -0.4 is 0 Å². The third kappa shape index (κ3) is 15.2. The molecule has 10 atom stereocenters. The molecule has 0 aliphatic carbocycles. The molecule has 2 aliphatic heterocycles. The van der Waals surface area contributed by atoms with Gasteiger partial charge in [0.05, 0.1) is 65.0 Å². The molecular formula is C61H67NO11. The number of hydrogen-bond acceptors (Lipinski definition) is 11. The van der Waals surface area contributed by atoms with Crippen LogP contribution in [0, 0.1) is 0 Å². The van der Waals surface area contributed by atoms with Crippen molar-refractivity contribution in [3.05, 3.63) is 228 Å². The van der Waals surface area contributed by atoms with Crippen LogP contribution in [0.2, 0.25) is 0 Å². The van der Waals surface area contributed by atoms with E-state index in [0.717, 1.165) is 33.4 Å². The van der Waals surface area contributed by atoms with Gasteiger partial charge in [0, 0.05) is 13.8 Å². The highest BCUT2D eigenvalue weighted by atomic mass is 16.7. The molecule has 6 aromatic rings. The molecule has 73 heavy (non-hydrogen) atoms. The molecule has 2 aliphatic rings. The molecule has 8 rings (SSSR count). The highest BCUT2D eigenvalue weighted by molar-refractivity contribution is 5.93. The molecule has 2 fully saturated rings. The number of imide groups is 1. The van der Waals surface area contributed by atoms with Gasteiger partial charge in [-0.25, -0.2) is 0 Å². The Balaban J connectivity index is 1.23. The largest absolute Gasteiger partial charge is 0.374 e. The van der Waals surface area contributed by atoms with E-state index in [1.165, 1.54) is 18.7 Å². The Kier molecular flexibility index (Phi) is 20.2. The van der Waals surface area contributed by atoms with Crippen LogP contribution in [0.15, 0.2) is 195 Å². The Morgan fingerprint density at radius 2 is 0.781 bits per heavy atom. The molecule has 0 aromatic heterocycles. The summed E-state index contributed by atoms with van der Waals surface area (Å²) in [7, 11) is 0. The smallest absolute Gasteiger partial charge is 0.226 e. The van der Waals surface area contributed by atoms with E-state index >= 15 is 0 Å². The lowest BCUT2D eigenvalue weighted by Crippen LogP contribution is -2.69. The Morgan fingerprint density at radius 1 is 0.438 bits per heavy atom. The van der Waals surface area contributed by atoms with Crippen molar-refractivity contribution < 1.29 is 52.2 Å². The van der Waals surface area contributed by atoms with Crippen molar-refractivity contribution in [2.75, 3.05) is 13.2 Å². The number of carbonyl (C=O) groups excluding carboxylic acids is 2. The van der Waals surface area contributed by atoms with E-state index in [9.17, 15) is 9.59 Å². The average molecular weight is 990 g/mol. The monoisotopic (exact) mass is 989 g/mol. The van der Waals surface area contributed by atoms with Gasteiger partial charge in [-0.05, 0) is 39.8 Å². The average Bonchev–Trinajstić information content (AvgIpc) is 3.42. The summed E-state index contributed by atoms with van der Waals surface area (Å²) in [5, 5.41) is 0. The molecule has 2 heterocycles. The third-order valence-electron chi connectivity index (χ3n) is 12.9. The van der Waals surface area contributed by atoms with E-state index in [1.54, 1.807) is 6.08 Å². The zero-order valence-electron chi connectivity index (χ0n) is 41.7. The second-order valence-electron chi connectivity index (χ2n) is 18.3. The summed E-state index contributed by atoms with van der Waals surface area (Å²) >= 11 is 0. The van der Waals surface area contributed by atoms with Gasteiger partial charge >= 0.3 is 0 Å². The quantitative estimate of drug-likeness (QED) is 0.0510. The second-order valence-corrected chi connectivity index (χ2v) is 18.3. The maximum absolute atomic E-state index is 13.7. The van der Waals surface area contributed by atoms with E-state index in [2.05, 4.69) is 6.58 Å². The van der Waals surface area contributed by atoms with Crippen molar-refractivity contribution in [1.29, 1.82) is 0 Å². The number of nitrogens with zero attached hydrogens (tertiary/aromatic N) is 1. The van der Waals surface area contributed by atoms with Crippen molar-refractivity contribution in [2.45, 2.75) is 121 Å². The number of ether oxygens (including phenoxy) is 9. The molecule has 0 spiro atoms. The van der Waals surface area contributed by atoms with E-state index in [4.69, 9.17) is 42.6 Å². The standard InChI is InChI=1S/C61H67NO11/c1-4-23-52-55(62(44(2)63)45(3)64)58(68-39-49-30-17-8-18-31-49)57(54(71-52)43-66-37-47-26-13-6-14-27-47)73-61-60(70-41-51-34-21-10-22-35-51)59(69-40-50-32-19-9-20-33-50)56(67-38-48-28-15-7-16-29-48)53(72-61)42-65-36-46-24-11-5-12-25-46/h4-22,24-35,52-61H,1,23,36-43H2,2-3H3/t52-,53-,54-,55+,56+,57-,58-,59+,60-,61+/m1/s1. The first-order chi connectivity index (χ1) is 35.8. The summed E-state index contributed by atoms with van der Waals surface area (Å²) in [5.41, 5.74) is 5.66. The minimum Gasteiger partial charge on any atom is -0.374 e. The van der Waals surface area contributed by atoms with Crippen molar-refractivity contribution in [3.8, 4) is 0 Å². The van der Waals surface area contributed by atoms with Crippen LogP contribution in [0.5, 0.6) is 0 Å². The normalized spacial score (nSPS) is 23.9. The van der Waals surface area contributed by atoms with Gasteiger partial charge in [-0.2, -0.15) is 0 Å². The molecule has 6 aromatic carbocycles. The highest BCUT2D eigenvalue weighted by Crippen LogP contribution is 2.38. The third-order valence-corrected chi connectivity index (χ3v) is 12.9. The maximum Gasteiger partial charge on any atom is 0.226 e. The van der Waals surface area contributed by atoms with Gasteiger partial charge in [0.1, 0.15) is 42.7 Å². The van der Waals surface area contributed by atoms with Crippen LogP contribution in [0.4, 0.5) is 0 Å². The lowest BCUT2D eigenvalue weighted by Gasteiger charge is -2.52. The van der Waals surface area contributed by atoms with E-state index in [-0.39, 0.29) is 52.7 Å². The van der Waals surface area contributed by atoms with E-state index < -0.39 is 73.0 Å². The summed E-state index contributed by atoms with van der Waals surface area (Å²) in [6.07, 6.45) is -6.06. The zero-order valence-corrected chi connectivity index (χ0v) is 41.7. The lowest BCUT2D eigenvalue weighted by atomic mass is 9.88. The van der Waals surface area contributed by atoms with Crippen molar-refractivity contribution in [2.24, 2.45) is 0 Å². The van der Waals surface area contributed by atoms with Gasteiger partial charge < -0.3 is 42.6 Å². The van der Waals surface area contributed by atoms with Crippen LogP contribution in [-0.4, -0.2) is 91.1 Å². The summed E-state index contributed by atoms with van der Waals surface area (Å²) in [5.74, 6) is -0.940. The molecule has 0 N–H and O–H groups in total. The summed E-state index contributed by atoms with van der Waals surface area (Å²) in [6, 6.07) is 58.3. The Bertz CT molecular complexity index is 2530. The van der Waals surface area contributed by atoms with Crippen molar-refractivity contribution in [3.63, 3.8) is 0 Å². The van der Waals surface area contributed by atoms with Gasteiger partial charge in [-0.3, -0.25) is 14.5 Å². The number of rotatable bonds is 25. The number of benzene rings is 6. The number of hydrogen-bond donors (Lipinski definition) is 0. The van der Waals surface area contributed by atoms with Crippen LogP contribution in [0.1, 0.15) is 53.6 Å². The molecule has 0 unspecified atom stereocenters. The summed E-state index contributed by atoms with van der Waals surface area (Å²) < 4.78 is 62.8. The first-order valence-electron chi connectivity index (χ1n) is 25.1. The van der Waals surface area contributed by atoms with Gasteiger partial charge in [-0.1, -0.05) is 188 Å². The van der Waals surface area contributed by atoms with Crippen LogP contribution >= 0.6 is 0 Å². The van der Waals surface area contributed by atoms with E-state index in [0.29, 0.717) is 6.61 Å². The number of amides is 2. The molecule has 2 saturated heterocycles. The molecule has 382 valence electrons. The SMILES string of the molecule is C=CC[C@H]1O[C@H](COCc2ccccc2)[C@@H](O[C@@H]2O[C@H](COCc3ccccc3)[C@H](OCc3ccccc3)[C@H](OCc3ccccc3)[C@H]2OCc2ccccc2)[C@H](OCc2ccccc2)[C@H]1N(C(C)=O)C(C)=O. The van der Waals surface area contributed by atoms with Gasteiger partial charge in [0.25, 0.3) is 0 Å². The zero-order chi connectivity index (χ0) is 50.6. The van der Waals surface area contributed by atoms with Gasteiger partial charge in [0.2, 0.25) is 11.8 Å². The minimum absolute atomic E-state index is 0.0495. The van der Waals surface area contributed by atoms with Crippen LogP contribution in [0.25, 0.3) is 0 Å². The molecule has 0 saturated carbocycles. The fourth-order valence-electron chi connectivity index (χ4n) is 9.45. The summed E-state index contributed by atoms with van der Waals surface area (Å²) in [6.45, 7) is 8.28. The second kappa shape index (κ2) is 27.8. The predicted octanol–water partition coefficient (Wildman–Crippen LogP) is 9.98. The van der Waals surface area contributed by atoms with Crippen molar-refractivity contribution >= 4 is 11.8 Å².